The van der Waals surface area contributed by atoms with Crippen molar-refractivity contribution in [2.24, 2.45) is 0 Å². The van der Waals surface area contributed by atoms with Crippen LogP contribution in [0.2, 0.25) is 0 Å². The number of nitrogens with zero attached hydrogens (tertiary/aromatic N) is 1. The van der Waals surface area contributed by atoms with Gasteiger partial charge in [-0.1, -0.05) is 0 Å². The molecule has 0 radical (unpaired) electrons. The quantitative estimate of drug-likeness (QED) is 0.630. The Labute approximate surface area is 101 Å². The van der Waals surface area contributed by atoms with Gasteiger partial charge in [-0.15, -0.1) is 0 Å². The Kier molecular flexibility index (Phi) is 5.08. The second-order valence-electron chi connectivity index (χ2n) is 3.51. The van der Waals surface area contributed by atoms with Crippen molar-refractivity contribution in [1.29, 1.82) is 0 Å². The minimum atomic E-state index is -2.80. The van der Waals surface area contributed by atoms with Crippen molar-refractivity contribution in [3.05, 3.63) is 29.3 Å². The summed E-state index contributed by atoms with van der Waals surface area (Å²) in [6, 6.07) is 1.50. The number of hydrogen-bond donors (Lipinski definition) is 1. The molecule has 0 aliphatic rings. The topological polar surface area (TPSA) is 40.5 Å². The van der Waals surface area contributed by atoms with Gasteiger partial charge in [0.25, 0.3) is 6.43 Å². The normalized spacial score (nSPS) is 10.8. The van der Waals surface area contributed by atoms with Crippen molar-refractivity contribution >= 4 is 12.0 Å². The Hall–Kier alpha value is -1.63. The van der Waals surface area contributed by atoms with Gasteiger partial charge < -0.3 is 10.0 Å². The molecule has 3 nitrogen and oxygen atoms in total. The average Bonchev–Trinajstić information content (AvgIpc) is 2.27. The fourth-order valence-corrected chi connectivity index (χ4v) is 1.54. The van der Waals surface area contributed by atoms with E-state index in [1.807, 2.05) is 0 Å². The molecule has 0 aliphatic carbocycles. The number of aldehydes is 1. The molecule has 0 heterocycles. The van der Waals surface area contributed by atoms with Gasteiger partial charge >= 0.3 is 0 Å². The second-order valence-corrected chi connectivity index (χ2v) is 3.51. The number of benzene rings is 1. The van der Waals surface area contributed by atoms with E-state index >= 15 is 0 Å². The molecule has 100 valence electrons. The van der Waals surface area contributed by atoms with E-state index in [2.05, 4.69) is 0 Å². The molecule has 0 fully saturated rings. The smallest absolute Gasteiger partial charge is 0.255 e. The third-order valence-corrected chi connectivity index (χ3v) is 2.22. The van der Waals surface area contributed by atoms with Crippen LogP contribution in [0.5, 0.6) is 0 Å². The summed E-state index contributed by atoms with van der Waals surface area (Å²) in [5.74, 6) is -2.24. The molecule has 0 amide bonds. The van der Waals surface area contributed by atoms with Gasteiger partial charge in [-0.3, -0.25) is 4.79 Å². The number of alkyl halides is 2. The molecule has 0 atom stereocenters. The van der Waals surface area contributed by atoms with Gasteiger partial charge in [0.05, 0.1) is 13.2 Å². The first-order valence-electron chi connectivity index (χ1n) is 5.07. The Balaban J connectivity index is 3.14. The lowest BCUT2D eigenvalue weighted by atomic mass is 10.2. The van der Waals surface area contributed by atoms with Crippen molar-refractivity contribution in [2.75, 3.05) is 24.6 Å². The first kappa shape index (κ1) is 14.4. The van der Waals surface area contributed by atoms with Gasteiger partial charge in [-0.2, -0.15) is 0 Å². The number of carbonyl (C=O) groups is 1. The Morgan fingerprint density at radius 1 is 1.28 bits per heavy atom. The van der Waals surface area contributed by atoms with Gasteiger partial charge in [-0.25, -0.2) is 17.6 Å². The number of halogens is 4. The molecule has 0 unspecified atom stereocenters. The lowest BCUT2D eigenvalue weighted by Crippen LogP contribution is -2.33. The summed E-state index contributed by atoms with van der Waals surface area (Å²) in [5.41, 5.74) is -0.898. The molecule has 0 saturated carbocycles. The molecule has 1 aromatic rings. The summed E-state index contributed by atoms with van der Waals surface area (Å²) < 4.78 is 51.7. The Morgan fingerprint density at radius 2 is 1.83 bits per heavy atom. The predicted octanol–water partition coefficient (Wildman–Crippen LogP) is 1.84. The zero-order valence-corrected chi connectivity index (χ0v) is 9.25. The molecule has 1 aromatic carbocycles. The van der Waals surface area contributed by atoms with Crippen LogP contribution in [0.1, 0.15) is 10.4 Å². The summed E-state index contributed by atoms with van der Waals surface area (Å²) in [5, 5.41) is 8.71. The number of carbonyl (C=O) groups excluding carboxylic acids is 1. The van der Waals surface area contributed by atoms with Gasteiger partial charge in [-0.05, 0) is 12.1 Å². The maximum Gasteiger partial charge on any atom is 0.255 e. The maximum absolute atomic E-state index is 13.6. The average molecular weight is 265 g/mol. The summed E-state index contributed by atoms with van der Waals surface area (Å²) in [6.07, 6.45) is -2.56. The van der Waals surface area contributed by atoms with Crippen LogP contribution in [0, 0.1) is 11.6 Å². The summed E-state index contributed by atoms with van der Waals surface area (Å²) in [6.45, 7) is -1.77. The molecule has 1 rings (SSSR count). The van der Waals surface area contributed by atoms with E-state index < -0.39 is 36.9 Å². The zero-order valence-electron chi connectivity index (χ0n) is 9.25. The van der Waals surface area contributed by atoms with Crippen LogP contribution in [0.4, 0.5) is 23.2 Å². The zero-order chi connectivity index (χ0) is 13.7. The van der Waals surface area contributed by atoms with Crippen molar-refractivity contribution in [3.8, 4) is 0 Å². The molecule has 7 heteroatoms. The van der Waals surface area contributed by atoms with Gasteiger partial charge in [0.15, 0.2) is 0 Å². The molecule has 1 N–H and O–H groups in total. The lowest BCUT2D eigenvalue weighted by molar-refractivity contribution is 0.112. The minimum absolute atomic E-state index is 0.227. The third kappa shape index (κ3) is 3.43. The molecule has 0 spiro atoms. The summed E-state index contributed by atoms with van der Waals surface area (Å²) >= 11 is 0. The molecular weight excluding hydrogens is 254 g/mol. The second kappa shape index (κ2) is 6.34. The van der Waals surface area contributed by atoms with Gasteiger partial charge in [0.1, 0.15) is 23.6 Å². The van der Waals surface area contributed by atoms with Crippen LogP contribution >= 0.6 is 0 Å². The molecule has 0 aliphatic heterocycles. The SMILES string of the molecule is O=Cc1cc(F)c(N(CCO)CC(F)F)c(F)c1. The van der Waals surface area contributed by atoms with Crippen LogP contribution in [0.25, 0.3) is 0 Å². The van der Waals surface area contributed by atoms with Crippen molar-refractivity contribution < 1.29 is 27.5 Å². The van der Waals surface area contributed by atoms with Crippen LogP contribution < -0.4 is 4.90 Å². The fourth-order valence-electron chi connectivity index (χ4n) is 1.54. The van der Waals surface area contributed by atoms with Crippen molar-refractivity contribution in [3.63, 3.8) is 0 Å². The predicted molar refractivity (Wildman–Crippen MR) is 57.0 cm³/mol. The van der Waals surface area contributed by atoms with E-state index in [1.165, 1.54) is 0 Å². The molecule has 18 heavy (non-hydrogen) atoms. The Morgan fingerprint density at radius 3 is 2.22 bits per heavy atom. The van der Waals surface area contributed by atoms with Crippen LogP contribution in [-0.2, 0) is 0 Å². The van der Waals surface area contributed by atoms with Gasteiger partial charge in [0, 0.05) is 12.1 Å². The first-order chi connectivity index (χ1) is 8.49. The number of hydrogen-bond acceptors (Lipinski definition) is 3. The van der Waals surface area contributed by atoms with Crippen LogP contribution in [0.3, 0.4) is 0 Å². The van der Waals surface area contributed by atoms with E-state index in [1.54, 1.807) is 0 Å². The maximum atomic E-state index is 13.6. The van der Waals surface area contributed by atoms with E-state index in [4.69, 9.17) is 5.11 Å². The van der Waals surface area contributed by atoms with E-state index in [-0.39, 0.29) is 18.4 Å². The highest BCUT2D eigenvalue weighted by Gasteiger charge is 2.20. The molecule has 0 bridgehead atoms. The minimum Gasteiger partial charge on any atom is -0.395 e. The van der Waals surface area contributed by atoms with Crippen molar-refractivity contribution in [1.82, 2.24) is 0 Å². The van der Waals surface area contributed by atoms with E-state index in [0.717, 1.165) is 12.1 Å². The number of anilines is 1. The number of aliphatic hydroxyl groups is 1. The van der Waals surface area contributed by atoms with Crippen molar-refractivity contribution in [2.45, 2.75) is 6.43 Å². The number of aliphatic hydroxyl groups excluding tert-OH is 1. The monoisotopic (exact) mass is 265 g/mol. The van der Waals surface area contributed by atoms with Crippen LogP contribution in [-0.4, -0.2) is 37.5 Å². The molecular formula is C11H11F4NO2. The summed E-state index contributed by atoms with van der Waals surface area (Å²) in [7, 11) is 0. The highest BCUT2D eigenvalue weighted by Crippen LogP contribution is 2.25. The first-order valence-corrected chi connectivity index (χ1v) is 5.07. The van der Waals surface area contributed by atoms with E-state index in [9.17, 15) is 22.4 Å². The van der Waals surface area contributed by atoms with E-state index in [0.29, 0.717) is 4.90 Å². The summed E-state index contributed by atoms with van der Waals surface area (Å²) in [4.78, 5) is 11.1. The van der Waals surface area contributed by atoms with Crippen LogP contribution in [0.15, 0.2) is 12.1 Å². The Bertz CT molecular complexity index is 402. The third-order valence-electron chi connectivity index (χ3n) is 2.22. The highest BCUT2D eigenvalue weighted by molar-refractivity contribution is 5.76. The largest absolute Gasteiger partial charge is 0.395 e. The molecule has 0 saturated heterocycles. The number of rotatable bonds is 6. The molecule has 0 aromatic heterocycles. The highest BCUT2D eigenvalue weighted by atomic mass is 19.3. The van der Waals surface area contributed by atoms with Gasteiger partial charge in [0.2, 0.25) is 0 Å². The lowest BCUT2D eigenvalue weighted by Gasteiger charge is -2.24. The fraction of sp³-hybridized carbons (Fsp3) is 0.364. The standard InChI is InChI=1S/C11H11F4NO2/c12-8-3-7(6-18)4-9(13)11(8)16(1-2-17)5-10(14)15/h3-4,6,10,17H,1-2,5H2.